The predicted octanol–water partition coefficient (Wildman–Crippen LogP) is 11.0. The molecule has 2 aromatic heterocycles. The minimum Gasteiger partial charge on any atom is -0.489 e. The third-order valence-corrected chi connectivity index (χ3v) is 18.3. The number of carbonyl (C=O) groups excluding carboxylic acids is 4. The van der Waals surface area contributed by atoms with Crippen LogP contribution in [0.25, 0.3) is 10.4 Å². The number of benzene rings is 3. The number of nitrogens with zero attached hydrogens (tertiary/aromatic N) is 5. The number of carbonyl (C=O) groups is 4. The first kappa shape index (κ1) is 61.5. The van der Waals surface area contributed by atoms with Crippen LogP contribution in [0, 0.1) is 19.3 Å². The maximum atomic E-state index is 14.1. The summed E-state index contributed by atoms with van der Waals surface area (Å²) >= 11 is 8.11. The highest BCUT2D eigenvalue weighted by molar-refractivity contribution is 7.92. The lowest BCUT2D eigenvalue weighted by Gasteiger charge is -2.35. The van der Waals surface area contributed by atoms with Crippen LogP contribution in [0.3, 0.4) is 0 Å². The number of nitrogens with one attached hydrogen (secondary N) is 4. The first-order valence-corrected chi connectivity index (χ1v) is 30.8. The van der Waals surface area contributed by atoms with E-state index in [9.17, 15) is 32.7 Å². The Labute approximate surface area is 481 Å². The minimum absolute atomic E-state index is 0.0129. The van der Waals surface area contributed by atoms with Gasteiger partial charge in [-0.05, 0) is 125 Å². The molecule has 0 bridgehead atoms. The third kappa shape index (κ3) is 16.1. The summed E-state index contributed by atoms with van der Waals surface area (Å²) in [6.07, 6.45) is 8.10. The van der Waals surface area contributed by atoms with Crippen LogP contribution in [0.5, 0.6) is 5.75 Å². The Morgan fingerprint density at radius 1 is 0.875 bits per heavy atom. The summed E-state index contributed by atoms with van der Waals surface area (Å²) in [5.41, 5.74) is 7.35. The second-order valence-corrected chi connectivity index (χ2v) is 26.6. The van der Waals surface area contributed by atoms with Crippen molar-refractivity contribution < 1.29 is 37.4 Å². The molecule has 5 aromatic rings. The molecule has 0 spiro atoms. The summed E-state index contributed by atoms with van der Waals surface area (Å²) in [6, 6.07) is 16.9. The molecule has 1 unspecified atom stereocenters. The zero-order valence-corrected chi connectivity index (χ0v) is 50.1. The summed E-state index contributed by atoms with van der Waals surface area (Å²) in [5, 5.41) is 22.6. The van der Waals surface area contributed by atoms with Crippen LogP contribution >= 0.6 is 22.9 Å². The van der Waals surface area contributed by atoms with Crippen molar-refractivity contribution in [1.29, 1.82) is 0 Å². The van der Waals surface area contributed by atoms with Crippen LogP contribution in [0.1, 0.15) is 147 Å². The number of hydrogen-bond acceptors (Lipinski definition) is 14. The van der Waals surface area contributed by atoms with Crippen molar-refractivity contribution >= 4 is 79.5 Å². The lowest BCUT2D eigenvalue weighted by Crippen LogP contribution is -2.57. The number of sulfone groups is 1. The van der Waals surface area contributed by atoms with E-state index in [1.54, 1.807) is 49.4 Å². The van der Waals surface area contributed by atoms with Crippen LogP contribution in [-0.4, -0.2) is 111 Å². The number of aliphatic hydroxyl groups is 1. The number of β-amino-alcohol motifs (C(OH)–C–C–N with tert-alkyl or cyclic N) is 1. The Balaban J connectivity index is 0.820. The number of ether oxygens (including phenoxy) is 1. The summed E-state index contributed by atoms with van der Waals surface area (Å²) < 4.78 is 32.6. The van der Waals surface area contributed by atoms with Crippen LogP contribution in [0.4, 0.5) is 23.1 Å². The van der Waals surface area contributed by atoms with Crippen molar-refractivity contribution in [1.82, 2.24) is 35.4 Å². The van der Waals surface area contributed by atoms with Crippen molar-refractivity contribution in [3.63, 3.8) is 0 Å². The molecule has 0 aliphatic carbocycles. The number of halogens is 1. The number of aromatic nitrogens is 3. The van der Waals surface area contributed by atoms with E-state index in [2.05, 4.69) is 49.2 Å². The van der Waals surface area contributed by atoms with Gasteiger partial charge in [0, 0.05) is 45.4 Å². The van der Waals surface area contributed by atoms with E-state index < -0.39 is 38.7 Å². The summed E-state index contributed by atoms with van der Waals surface area (Å²) in [4.78, 5) is 72.3. The average molecular weight is 1150 g/mol. The number of hydrogen-bond donors (Lipinski definition) is 5. The first-order chi connectivity index (χ1) is 38.0. The average Bonchev–Trinajstić information content (AvgIpc) is 4.04. The summed E-state index contributed by atoms with van der Waals surface area (Å²) in [5.74, 6) is 0.575. The summed E-state index contributed by atoms with van der Waals surface area (Å²) in [7, 11) is -3.60. The molecule has 4 heterocycles. The molecule has 2 aliphatic heterocycles. The van der Waals surface area contributed by atoms with E-state index in [4.69, 9.17) is 16.3 Å². The highest BCUT2D eigenvalue weighted by Crippen LogP contribution is 2.39. The fraction of sp³-hybridized carbons (Fsp3) is 0.517. The highest BCUT2D eigenvalue weighted by atomic mass is 35.5. The van der Waals surface area contributed by atoms with Crippen molar-refractivity contribution in [3.8, 4) is 16.2 Å². The number of aryl methyl sites for hydroxylation is 2. The van der Waals surface area contributed by atoms with Crippen molar-refractivity contribution in [2.24, 2.45) is 5.41 Å². The normalized spacial score (nSPS) is 16.5. The fourth-order valence-corrected chi connectivity index (χ4v) is 12.5. The number of para-hydroxylation sites is 1. The van der Waals surface area contributed by atoms with Gasteiger partial charge < -0.3 is 40.9 Å². The standard InChI is InChI=1S/C60H80ClN9O8S2/c1-37(2)78-50-32-45(39(5)30-48(50)66-59-63-34-46(61)56(68-59)65-47-18-16-17-19-51(47)80(76,77)38(3)4)42-26-28-69(29-27-42)53(73)21-15-13-11-10-12-14-20-52(72)67-55(60(7,8)9)58(75)70-35-44(71)31-49(70)57(74)62-33-41-22-24-43(25-23-41)54-40(6)64-36-79-54/h16-19,22-25,30,32,34,36-38,42,44,49,55,71H,10-15,20-21,26-29,31,33,35H2,1-9H3,(H,62,74)(H,67,72)(H2,63,65,66,68)/t44-,49+,55?/m1/s1. The quantitative estimate of drug-likeness (QED) is 0.0363. The number of aliphatic hydroxyl groups excluding tert-OH is 1. The van der Waals surface area contributed by atoms with Gasteiger partial charge in [-0.3, -0.25) is 19.2 Å². The number of rotatable bonds is 24. The molecule has 5 N–H and O–H groups in total. The molecule has 0 radical (unpaired) electrons. The molecule has 432 valence electrons. The molecule has 3 atom stereocenters. The number of thiazole rings is 1. The Hall–Kier alpha value is -6.15. The zero-order chi connectivity index (χ0) is 57.9. The predicted molar refractivity (Wildman–Crippen MR) is 316 cm³/mol. The van der Waals surface area contributed by atoms with E-state index >= 15 is 0 Å². The monoisotopic (exact) mass is 1150 g/mol. The van der Waals surface area contributed by atoms with Crippen molar-refractivity contribution in [2.45, 2.75) is 180 Å². The Kier molecular flexibility index (Phi) is 21.2. The maximum Gasteiger partial charge on any atom is 0.246 e. The van der Waals surface area contributed by atoms with E-state index in [-0.39, 0.29) is 83.3 Å². The molecule has 17 nitrogen and oxygen atoms in total. The van der Waals surface area contributed by atoms with Gasteiger partial charge >= 0.3 is 0 Å². The largest absolute Gasteiger partial charge is 0.489 e. The maximum absolute atomic E-state index is 14.1. The highest BCUT2D eigenvalue weighted by Gasteiger charge is 2.44. The van der Waals surface area contributed by atoms with Gasteiger partial charge in [0.25, 0.3) is 0 Å². The number of unbranched alkanes of at least 4 members (excludes halogenated alkanes) is 5. The zero-order valence-electron chi connectivity index (χ0n) is 47.7. The molecule has 80 heavy (non-hydrogen) atoms. The fourth-order valence-electron chi connectivity index (χ4n) is 10.3. The van der Waals surface area contributed by atoms with Crippen LogP contribution in [0.2, 0.25) is 5.02 Å². The SMILES string of the molecule is Cc1cc(Nc2ncc(Cl)c(Nc3ccccc3S(=O)(=O)C(C)C)n2)c(OC(C)C)cc1C1CCN(C(=O)CCCCCCCCC(=O)NC(C(=O)N2C[C@H](O)C[C@H]2C(=O)NCc2ccc(-c3scnc3C)cc2)C(C)(C)C)CC1. The molecular weight excluding hydrogens is 1070 g/mol. The minimum atomic E-state index is -3.60. The number of amides is 4. The molecule has 2 aliphatic rings. The molecule has 0 saturated carbocycles. The number of anilines is 4. The second-order valence-electron chi connectivity index (χ2n) is 22.8. The van der Waals surface area contributed by atoms with Gasteiger partial charge in [0.1, 0.15) is 22.9 Å². The van der Waals surface area contributed by atoms with Gasteiger partial charge in [-0.25, -0.2) is 18.4 Å². The van der Waals surface area contributed by atoms with E-state index in [0.717, 1.165) is 77.8 Å². The van der Waals surface area contributed by atoms with Gasteiger partial charge in [0.05, 0.1) is 56.0 Å². The van der Waals surface area contributed by atoms with Gasteiger partial charge in [0.15, 0.2) is 15.7 Å². The van der Waals surface area contributed by atoms with Crippen LogP contribution in [-0.2, 0) is 35.6 Å². The van der Waals surface area contributed by atoms with Crippen molar-refractivity contribution in [3.05, 3.63) is 99.8 Å². The Bertz CT molecular complexity index is 3060. The molecular formula is C60H80ClN9O8S2. The third-order valence-electron chi connectivity index (χ3n) is 14.8. The molecule has 20 heteroatoms. The first-order valence-electron chi connectivity index (χ1n) is 28.0. The van der Waals surface area contributed by atoms with E-state index in [1.165, 1.54) is 11.1 Å². The van der Waals surface area contributed by atoms with Crippen LogP contribution in [0.15, 0.2) is 77.3 Å². The van der Waals surface area contributed by atoms with Gasteiger partial charge in [-0.1, -0.05) is 94.5 Å². The smallest absolute Gasteiger partial charge is 0.246 e. The molecule has 4 amide bonds. The van der Waals surface area contributed by atoms with E-state index in [0.29, 0.717) is 43.1 Å². The summed E-state index contributed by atoms with van der Waals surface area (Å²) in [6.45, 7) is 18.5. The lowest BCUT2D eigenvalue weighted by atomic mass is 9.85. The Morgan fingerprint density at radius 3 is 2.20 bits per heavy atom. The molecule has 3 aromatic carbocycles. The van der Waals surface area contributed by atoms with Crippen molar-refractivity contribution in [2.75, 3.05) is 30.3 Å². The van der Waals surface area contributed by atoms with Gasteiger partial charge in [0.2, 0.25) is 29.6 Å². The number of piperidine rings is 1. The molecule has 2 saturated heterocycles. The van der Waals surface area contributed by atoms with Gasteiger partial charge in [-0.15, -0.1) is 11.3 Å². The Morgan fingerprint density at radius 2 is 1.55 bits per heavy atom. The van der Waals surface area contributed by atoms with Crippen LogP contribution < -0.4 is 26.0 Å². The number of likely N-dealkylation sites (tertiary alicyclic amines) is 2. The second kappa shape index (κ2) is 27.5. The van der Waals surface area contributed by atoms with Gasteiger partial charge in [-0.2, -0.15) is 4.98 Å². The lowest BCUT2D eigenvalue weighted by molar-refractivity contribution is -0.144. The topological polar surface area (TPSA) is 225 Å². The van der Waals surface area contributed by atoms with E-state index in [1.807, 2.05) is 82.3 Å². The molecule has 2 fully saturated rings. The molecule has 7 rings (SSSR count).